The number of hydrogen-bond donors (Lipinski definition) is 1. The quantitative estimate of drug-likeness (QED) is 0.776. The Labute approximate surface area is 99.8 Å². The number of nitrogens with zero attached hydrogens (tertiary/aromatic N) is 1. The Kier molecular flexibility index (Phi) is 2.91. The van der Waals surface area contributed by atoms with Crippen LogP contribution in [0.4, 0.5) is 11.4 Å². The number of aryl methyl sites for hydroxylation is 1. The van der Waals surface area contributed by atoms with Gasteiger partial charge in [-0.1, -0.05) is 15.9 Å². The number of fused-ring (bicyclic) bond motifs is 1. The lowest BCUT2D eigenvalue weighted by molar-refractivity contribution is 0.711. The molecule has 1 atom stereocenters. The molecule has 0 bridgehead atoms. The molecule has 15 heavy (non-hydrogen) atoms. The highest BCUT2D eigenvalue weighted by Crippen LogP contribution is 2.35. The first-order chi connectivity index (χ1) is 7.08. The molecule has 0 saturated heterocycles. The lowest BCUT2D eigenvalue weighted by atomic mass is 10.1. The fourth-order valence-electron chi connectivity index (χ4n) is 2.19. The number of nitrogens with one attached hydrogen (secondary N) is 1. The third-order valence-corrected chi connectivity index (χ3v) is 3.40. The maximum atomic E-state index is 3.56. The van der Waals surface area contributed by atoms with Gasteiger partial charge in [0.15, 0.2) is 0 Å². The van der Waals surface area contributed by atoms with Gasteiger partial charge in [0, 0.05) is 24.1 Å². The second-order valence-electron chi connectivity index (χ2n) is 4.37. The van der Waals surface area contributed by atoms with Crippen molar-refractivity contribution in [2.75, 3.05) is 23.8 Å². The monoisotopic (exact) mass is 268 g/mol. The van der Waals surface area contributed by atoms with E-state index in [-0.39, 0.29) is 0 Å². The predicted molar refractivity (Wildman–Crippen MR) is 69.9 cm³/mol. The zero-order chi connectivity index (χ0) is 11.0. The molecule has 0 aliphatic carbocycles. The van der Waals surface area contributed by atoms with Gasteiger partial charge in [-0.2, -0.15) is 0 Å². The molecule has 0 spiro atoms. The minimum atomic E-state index is 0.544. The Hall–Kier alpha value is -0.700. The summed E-state index contributed by atoms with van der Waals surface area (Å²) >= 11 is 3.55. The number of rotatable bonds is 0. The molecule has 2 nitrogen and oxygen atoms in total. The molecule has 0 saturated carbocycles. The molecule has 1 aromatic carbocycles. The van der Waals surface area contributed by atoms with E-state index in [0.29, 0.717) is 6.04 Å². The average molecular weight is 269 g/mol. The fourth-order valence-corrected chi connectivity index (χ4v) is 2.76. The van der Waals surface area contributed by atoms with Crippen LogP contribution in [0.5, 0.6) is 0 Å². The molecule has 1 unspecified atom stereocenters. The summed E-state index contributed by atoms with van der Waals surface area (Å²) in [6, 6.07) is 4.88. The first-order valence-corrected chi connectivity index (χ1v) is 6.15. The molecular formula is C12H17BrN2. The number of anilines is 2. The molecule has 1 heterocycles. The van der Waals surface area contributed by atoms with Gasteiger partial charge in [0.2, 0.25) is 0 Å². The highest BCUT2D eigenvalue weighted by molar-refractivity contribution is 9.10. The van der Waals surface area contributed by atoms with Crippen LogP contribution in [0.15, 0.2) is 16.6 Å². The van der Waals surface area contributed by atoms with Gasteiger partial charge >= 0.3 is 0 Å². The average Bonchev–Trinajstić information content (AvgIpc) is 2.25. The summed E-state index contributed by atoms with van der Waals surface area (Å²) in [7, 11) is 2.17. The van der Waals surface area contributed by atoms with Gasteiger partial charge in [0.25, 0.3) is 0 Å². The normalized spacial score (nSPS) is 20.5. The molecule has 1 aliphatic rings. The van der Waals surface area contributed by atoms with Crippen molar-refractivity contribution in [2.45, 2.75) is 26.3 Å². The van der Waals surface area contributed by atoms with Crippen LogP contribution in [0.3, 0.4) is 0 Å². The summed E-state index contributed by atoms with van der Waals surface area (Å²) in [6.45, 7) is 5.51. The lowest BCUT2D eigenvalue weighted by Crippen LogP contribution is -2.20. The summed E-state index contributed by atoms with van der Waals surface area (Å²) in [6.07, 6.45) is 1.18. The van der Waals surface area contributed by atoms with E-state index < -0.39 is 0 Å². The lowest BCUT2D eigenvalue weighted by Gasteiger charge is -2.21. The van der Waals surface area contributed by atoms with Crippen molar-refractivity contribution >= 4 is 27.3 Å². The number of halogens is 1. The molecule has 0 fully saturated rings. The van der Waals surface area contributed by atoms with Crippen molar-refractivity contribution in [3.8, 4) is 0 Å². The van der Waals surface area contributed by atoms with Gasteiger partial charge in [-0.05, 0) is 38.0 Å². The van der Waals surface area contributed by atoms with Crippen molar-refractivity contribution < 1.29 is 0 Å². The smallest absolute Gasteiger partial charge is 0.0629 e. The summed E-state index contributed by atoms with van der Waals surface area (Å²) in [5.74, 6) is 0. The van der Waals surface area contributed by atoms with Crippen molar-refractivity contribution in [3.63, 3.8) is 0 Å². The van der Waals surface area contributed by atoms with Crippen LogP contribution in [-0.2, 0) is 0 Å². The molecule has 1 aliphatic heterocycles. The molecule has 2 rings (SSSR count). The molecule has 0 amide bonds. The third kappa shape index (κ3) is 2.12. The third-order valence-electron chi connectivity index (χ3n) is 2.95. The van der Waals surface area contributed by atoms with E-state index in [1.54, 1.807) is 0 Å². The maximum Gasteiger partial charge on any atom is 0.0629 e. The molecule has 0 aromatic heterocycles. The Morgan fingerprint density at radius 1 is 1.47 bits per heavy atom. The Morgan fingerprint density at radius 2 is 2.20 bits per heavy atom. The minimum absolute atomic E-state index is 0.544. The predicted octanol–water partition coefficient (Wildman–Crippen LogP) is 3.40. The van der Waals surface area contributed by atoms with E-state index in [9.17, 15) is 0 Å². The Balaban J connectivity index is 2.52. The molecule has 1 N–H and O–H groups in total. The zero-order valence-electron chi connectivity index (χ0n) is 9.47. The van der Waals surface area contributed by atoms with Gasteiger partial charge in [0.05, 0.1) is 11.4 Å². The Morgan fingerprint density at radius 3 is 2.93 bits per heavy atom. The van der Waals surface area contributed by atoms with Gasteiger partial charge in [-0.3, -0.25) is 0 Å². The van der Waals surface area contributed by atoms with E-state index in [1.165, 1.54) is 23.4 Å². The Bertz CT molecular complexity index is 376. The highest BCUT2D eigenvalue weighted by atomic mass is 79.9. The number of hydrogen-bond acceptors (Lipinski definition) is 2. The van der Waals surface area contributed by atoms with Gasteiger partial charge in [-0.15, -0.1) is 0 Å². The summed E-state index contributed by atoms with van der Waals surface area (Å²) in [4.78, 5) is 2.34. The van der Waals surface area contributed by atoms with Crippen molar-refractivity contribution in [3.05, 3.63) is 22.2 Å². The molecule has 0 radical (unpaired) electrons. The first kappa shape index (κ1) is 10.8. The van der Waals surface area contributed by atoms with E-state index in [0.717, 1.165) is 11.0 Å². The van der Waals surface area contributed by atoms with E-state index in [1.807, 2.05) is 0 Å². The van der Waals surface area contributed by atoms with Gasteiger partial charge < -0.3 is 10.2 Å². The summed E-state index contributed by atoms with van der Waals surface area (Å²) in [5, 5.41) is 3.56. The van der Waals surface area contributed by atoms with Crippen LogP contribution in [0.2, 0.25) is 0 Å². The minimum Gasteiger partial charge on any atom is -0.381 e. The van der Waals surface area contributed by atoms with Crippen molar-refractivity contribution in [1.82, 2.24) is 0 Å². The summed E-state index contributed by atoms with van der Waals surface area (Å²) < 4.78 is 1.15. The largest absolute Gasteiger partial charge is 0.381 e. The summed E-state index contributed by atoms with van der Waals surface area (Å²) in [5.41, 5.74) is 3.90. The second-order valence-corrected chi connectivity index (χ2v) is 5.29. The second kappa shape index (κ2) is 4.05. The number of benzene rings is 1. The first-order valence-electron chi connectivity index (χ1n) is 5.36. The van der Waals surface area contributed by atoms with Gasteiger partial charge in [-0.25, -0.2) is 0 Å². The van der Waals surface area contributed by atoms with E-state index in [4.69, 9.17) is 0 Å². The molecule has 1 aromatic rings. The van der Waals surface area contributed by atoms with Crippen LogP contribution in [0.25, 0.3) is 0 Å². The van der Waals surface area contributed by atoms with Crippen molar-refractivity contribution in [2.24, 2.45) is 0 Å². The van der Waals surface area contributed by atoms with E-state index in [2.05, 4.69) is 59.2 Å². The standard InChI is InChI=1S/C12H17BrN2/c1-8-6-10(13)7-11-12(8)15(3)5-4-9(2)14-11/h6-7,9,14H,4-5H2,1-3H3. The molecule has 3 heteroatoms. The van der Waals surface area contributed by atoms with Crippen LogP contribution >= 0.6 is 15.9 Å². The van der Waals surface area contributed by atoms with Crippen LogP contribution in [0.1, 0.15) is 18.9 Å². The van der Waals surface area contributed by atoms with Crippen molar-refractivity contribution in [1.29, 1.82) is 0 Å². The topological polar surface area (TPSA) is 15.3 Å². The molecule has 82 valence electrons. The van der Waals surface area contributed by atoms with Gasteiger partial charge in [0.1, 0.15) is 0 Å². The maximum absolute atomic E-state index is 3.56. The highest BCUT2D eigenvalue weighted by Gasteiger charge is 2.17. The SMILES string of the molecule is Cc1cc(Br)cc2c1N(C)CCC(C)N2. The van der Waals surface area contributed by atoms with E-state index >= 15 is 0 Å². The van der Waals surface area contributed by atoms with Crippen LogP contribution < -0.4 is 10.2 Å². The zero-order valence-corrected chi connectivity index (χ0v) is 11.1. The van der Waals surface area contributed by atoms with Crippen LogP contribution in [0, 0.1) is 6.92 Å². The molecular weight excluding hydrogens is 252 g/mol. The fraction of sp³-hybridized carbons (Fsp3) is 0.500. The van der Waals surface area contributed by atoms with Crippen LogP contribution in [-0.4, -0.2) is 19.6 Å².